The number of aliphatic carboxylic acids is 1. The van der Waals surface area contributed by atoms with Crippen LogP contribution in [0.15, 0.2) is 0 Å². The van der Waals surface area contributed by atoms with Crippen LogP contribution in [-0.2, 0) is 9.59 Å². The highest BCUT2D eigenvalue weighted by atomic mass is 16.4. The van der Waals surface area contributed by atoms with E-state index in [1.165, 1.54) is 4.90 Å². The van der Waals surface area contributed by atoms with E-state index in [0.29, 0.717) is 19.4 Å². The highest BCUT2D eigenvalue weighted by molar-refractivity contribution is 5.87. The highest BCUT2D eigenvalue weighted by Crippen LogP contribution is 2.18. The molecule has 5 heteroatoms. The van der Waals surface area contributed by atoms with Gasteiger partial charge >= 0.3 is 5.97 Å². The molecule has 0 aromatic carbocycles. The Hall–Kier alpha value is -1.10. The summed E-state index contributed by atoms with van der Waals surface area (Å²) < 4.78 is 0. The maximum atomic E-state index is 11.6. The molecule has 1 rings (SSSR count). The molecule has 0 aromatic rings. The second-order valence-corrected chi connectivity index (χ2v) is 3.54. The molecule has 0 aromatic heterocycles. The first kappa shape index (κ1) is 11.0. The fraction of sp³-hybridized carbons (Fsp3) is 0.778. The van der Waals surface area contributed by atoms with Crippen molar-refractivity contribution < 1.29 is 14.7 Å². The van der Waals surface area contributed by atoms with Gasteiger partial charge in [-0.25, -0.2) is 4.79 Å². The molecule has 1 amide bonds. The second-order valence-electron chi connectivity index (χ2n) is 3.54. The van der Waals surface area contributed by atoms with E-state index in [2.05, 4.69) is 0 Å². The number of carboxylic acids is 1. The Morgan fingerprint density at radius 1 is 1.64 bits per heavy atom. The summed E-state index contributed by atoms with van der Waals surface area (Å²) in [5.41, 5.74) is 5.57. The molecule has 1 aliphatic heterocycles. The third-order valence-corrected chi connectivity index (χ3v) is 2.58. The van der Waals surface area contributed by atoms with Gasteiger partial charge in [-0.05, 0) is 19.3 Å². The van der Waals surface area contributed by atoms with Crippen LogP contribution in [0.25, 0.3) is 0 Å². The second kappa shape index (κ2) is 4.41. The smallest absolute Gasteiger partial charge is 0.326 e. The molecule has 3 N–H and O–H groups in total. The molecule has 0 saturated carbocycles. The first-order valence-corrected chi connectivity index (χ1v) is 4.86. The number of carbonyl (C=O) groups excluding carboxylic acids is 1. The topological polar surface area (TPSA) is 83.6 Å². The fourth-order valence-corrected chi connectivity index (χ4v) is 1.67. The summed E-state index contributed by atoms with van der Waals surface area (Å²) in [5, 5.41) is 8.85. The van der Waals surface area contributed by atoms with Crippen molar-refractivity contribution in [1.29, 1.82) is 0 Å². The lowest BCUT2D eigenvalue weighted by molar-refractivity contribution is -0.148. The third-order valence-electron chi connectivity index (χ3n) is 2.58. The predicted molar refractivity (Wildman–Crippen MR) is 50.6 cm³/mol. The quantitative estimate of drug-likeness (QED) is 0.660. The number of hydrogen-bond donors (Lipinski definition) is 2. The van der Waals surface area contributed by atoms with Crippen LogP contribution in [0.5, 0.6) is 0 Å². The Morgan fingerprint density at radius 2 is 2.29 bits per heavy atom. The van der Waals surface area contributed by atoms with E-state index in [-0.39, 0.29) is 5.91 Å². The minimum Gasteiger partial charge on any atom is -0.480 e. The fourth-order valence-electron chi connectivity index (χ4n) is 1.67. The molecule has 1 unspecified atom stereocenters. The van der Waals surface area contributed by atoms with Crippen molar-refractivity contribution in [1.82, 2.24) is 4.90 Å². The van der Waals surface area contributed by atoms with Gasteiger partial charge in [0.2, 0.25) is 5.91 Å². The Morgan fingerprint density at radius 3 is 2.79 bits per heavy atom. The van der Waals surface area contributed by atoms with Gasteiger partial charge in [-0.1, -0.05) is 6.92 Å². The van der Waals surface area contributed by atoms with E-state index in [1.807, 2.05) is 6.92 Å². The Bertz CT molecular complexity index is 242. The van der Waals surface area contributed by atoms with Crippen molar-refractivity contribution in [2.24, 2.45) is 5.73 Å². The standard InChI is InChI=1S/C9H16N2O3/c1-2-6(10)8(12)11-5-3-4-7(11)9(13)14/h6-7H,2-5,10H2,1H3,(H,13,14)/t6?,7-/m0/s1. The Balaban J connectivity index is 2.67. The number of rotatable bonds is 3. The molecule has 1 saturated heterocycles. The molecular formula is C9H16N2O3. The number of nitrogens with zero attached hydrogens (tertiary/aromatic N) is 1. The zero-order chi connectivity index (χ0) is 10.7. The third kappa shape index (κ3) is 2.04. The van der Waals surface area contributed by atoms with Crippen LogP contribution >= 0.6 is 0 Å². The summed E-state index contributed by atoms with van der Waals surface area (Å²) in [6, 6.07) is -1.23. The first-order valence-electron chi connectivity index (χ1n) is 4.86. The van der Waals surface area contributed by atoms with Gasteiger partial charge < -0.3 is 15.7 Å². The van der Waals surface area contributed by atoms with Gasteiger partial charge in [0, 0.05) is 6.54 Å². The number of carboxylic acid groups (broad SMARTS) is 1. The molecule has 80 valence electrons. The molecule has 1 fully saturated rings. The summed E-state index contributed by atoms with van der Waals surface area (Å²) >= 11 is 0. The number of likely N-dealkylation sites (tertiary alicyclic amines) is 1. The van der Waals surface area contributed by atoms with Crippen LogP contribution in [0.2, 0.25) is 0 Å². The summed E-state index contributed by atoms with van der Waals surface area (Å²) in [7, 11) is 0. The molecule has 1 heterocycles. The van der Waals surface area contributed by atoms with Crippen molar-refractivity contribution in [2.75, 3.05) is 6.54 Å². The molecule has 5 nitrogen and oxygen atoms in total. The van der Waals surface area contributed by atoms with Crippen LogP contribution in [0.4, 0.5) is 0 Å². The van der Waals surface area contributed by atoms with Crippen molar-refractivity contribution in [3.8, 4) is 0 Å². The zero-order valence-electron chi connectivity index (χ0n) is 8.27. The molecule has 14 heavy (non-hydrogen) atoms. The molecule has 0 bridgehead atoms. The SMILES string of the molecule is CCC(N)C(=O)N1CCC[C@H]1C(=O)O. The first-order chi connectivity index (χ1) is 6.57. The Kier molecular flexibility index (Phi) is 3.46. The minimum absolute atomic E-state index is 0.239. The lowest BCUT2D eigenvalue weighted by Gasteiger charge is -2.24. The van der Waals surface area contributed by atoms with Crippen LogP contribution in [0, 0.1) is 0 Å². The average molecular weight is 200 g/mol. The van der Waals surface area contributed by atoms with E-state index in [0.717, 1.165) is 6.42 Å². The van der Waals surface area contributed by atoms with Crippen LogP contribution in [0.1, 0.15) is 26.2 Å². The molecule has 1 aliphatic rings. The van der Waals surface area contributed by atoms with Gasteiger partial charge in [0.25, 0.3) is 0 Å². The normalized spacial score (nSPS) is 23.6. The van der Waals surface area contributed by atoms with E-state index in [1.54, 1.807) is 0 Å². The minimum atomic E-state index is -0.931. The number of nitrogens with two attached hydrogens (primary N) is 1. The maximum absolute atomic E-state index is 11.6. The monoisotopic (exact) mass is 200 g/mol. The Labute approximate surface area is 82.9 Å². The molecule has 0 aliphatic carbocycles. The zero-order valence-corrected chi connectivity index (χ0v) is 8.27. The van der Waals surface area contributed by atoms with Crippen LogP contribution < -0.4 is 5.73 Å². The van der Waals surface area contributed by atoms with Crippen molar-refractivity contribution in [2.45, 2.75) is 38.3 Å². The number of hydrogen-bond acceptors (Lipinski definition) is 3. The summed E-state index contributed by atoms with van der Waals surface area (Å²) in [4.78, 5) is 23.8. The largest absolute Gasteiger partial charge is 0.480 e. The predicted octanol–water partition coefficient (Wildman–Crippen LogP) is -0.201. The molecule has 0 spiro atoms. The van der Waals surface area contributed by atoms with E-state index >= 15 is 0 Å². The van der Waals surface area contributed by atoms with Gasteiger partial charge in [0.05, 0.1) is 6.04 Å². The van der Waals surface area contributed by atoms with Crippen molar-refractivity contribution in [3.63, 3.8) is 0 Å². The van der Waals surface area contributed by atoms with Crippen molar-refractivity contribution >= 4 is 11.9 Å². The van der Waals surface area contributed by atoms with Gasteiger partial charge in [0.1, 0.15) is 6.04 Å². The van der Waals surface area contributed by atoms with E-state index in [9.17, 15) is 9.59 Å². The van der Waals surface area contributed by atoms with E-state index in [4.69, 9.17) is 10.8 Å². The van der Waals surface area contributed by atoms with Gasteiger partial charge in [-0.3, -0.25) is 4.79 Å². The molecular weight excluding hydrogens is 184 g/mol. The van der Waals surface area contributed by atoms with Gasteiger partial charge in [0.15, 0.2) is 0 Å². The molecule has 2 atom stereocenters. The van der Waals surface area contributed by atoms with Gasteiger partial charge in [-0.2, -0.15) is 0 Å². The highest BCUT2D eigenvalue weighted by Gasteiger charge is 2.35. The summed E-state index contributed by atoms with van der Waals surface area (Å²) in [5.74, 6) is -1.17. The maximum Gasteiger partial charge on any atom is 0.326 e. The van der Waals surface area contributed by atoms with Gasteiger partial charge in [-0.15, -0.1) is 0 Å². The lowest BCUT2D eigenvalue weighted by Crippen LogP contribution is -2.48. The van der Waals surface area contributed by atoms with Crippen molar-refractivity contribution in [3.05, 3.63) is 0 Å². The average Bonchev–Trinajstić information content (AvgIpc) is 2.63. The van der Waals surface area contributed by atoms with Crippen LogP contribution in [-0.4, -0.2) is 40.5 Å². The summed E-state index contributed by atoms with van der Waals surface area (Å²) in [6.45, 7) is 2.33. The number of carbonyl (C=O) groups is 2. The van der Waals surface area contributed by atoms with E-state index < -0.39 is 18.1 Å². The molecule has 0 radical (unpaired) electrons. The lowest BCUT2D eigenvalue weighted by atomic mass is 10.2. The summed E-state index contributed by atoms with van der Waals surface area (Å²) in [6.07, 6.45) is 1.83. The van der Waals surface area contributed by atoms with Crippen LogP contribution in [0.3, 0.4) is 0 Å². The number of amides is 1.